The van der Waals surface area contributed by atoms with Crippen LogP contribution < -0.4 is 10.6 Å². The van der Waals surface area contributed by atoms with Crippen LogP contribution in [0.15, 0.2) is 57.8 Å². The van der Waals surface area contributed by atoms with Gasteiger partial charge < -0.3 is 10.6 Å². The Morgan fingerprint density at radius 1 is 1.19 bits per heavy atom. The van der Waals surface area contributed by atoms with Gasteiger partial charge in [0, 0.05) is 24.4 Å². The lowest BCUT2D eigenvalue weighted by atomic mass is 10.0. The predicted molar refractivity (Wildman–Crippen MR) is 106 cm³/mol. The van der Waals surface area contributed by atoms with Gasteiger partial charge in [-0.2, -0.15) is 8.42 Å². The third-order valence-corrected chi connectivity index (χ3v) is 5.78. The summed E-state index contributed by atoms with van der Waals surface area (Å²) in [4.78, 5) is 12.3. The zero-order valence-electron chi connectivity index (χ0n) is 14.8. The molecule has 0 bridgehead atoms. The van der Waals surface area contributed by atoms with Crippen LogP contribution in [0.4, 0.5) is 5.69 Å². The molecule has 8 heteroatoms. The Morgan fingerprint density at radius 2 is 1.89 bits per heavy atom. The maximum absolute atomic E-state index is 12.3. The summed E-state index contributed by atoms with van der Waals surface area (Å²) in [6, 6.07) is 13.9. The molecule has 0 spiro atoms. The van der Waals surface area contributed by atoms with Crippen LogP contribution in [0, 0.1) is 5.92 Å². The molecule has 3 rings (SSSR count). The number of para-hydroxylation sites is 1. The first-order valence-electron chi connectivity index (χ1n) is 8.54. The molecule has 1 aliphatic rings. The van der Waals surface area contributed by atoms with E-state index in [-0.39, 0.29) is 23.1 Å². The molecule has 6 nitrogen and oxygen atoms in total. The van der Waals surface area contributed by atoms with Crippen molar-refractivity contribution in [1.29, 1.82) is 0 Å². The fourth-order valence-electron chi connectivity index (χ4n) is 2.85. The zero-order chi connectivity index (χ0) is 19.4. The van der Waals surface area contributed by atoms with Gasteiger partial charge in [0.15, 0.2) is 0 Å². The minimum atomic E-state index is -3.70. The van der Waals surface area contributed by atoms with Crippen LogP contribution >= 0.6 is 11.6 Å². The van der Waals surface area contributed by atoms with E-state index in [0.29, 0.717) is 29.5 Å². The molecule has 1 atom stereocenters. The Bertz CT molecular complexity index is 972. The minimum Gasteiger partial charge on any atom is -0.352 e. The summed E-state index contributed by atoms with van der Waals surface area (Å²) in [5, 5.41) is 6.55. The number of carbonyl (C=O) groups is 1. The highest BCUT2D eigenvalue weighted by molar-refractivity contribution is 7.90. The summed E-state index contributed by atoms with van der Waals surface area (Å²) in [7, 11) is -3.70. The average Bonchev–Trinajstić information content (AvgIpc) is 2.60. The molecule has 142 valence electrons. The maximum Gasteiger partial charge on any atom is 0.286 e. The van der Waals surface area contributed by atoms with E-state index in [1.165, 1.54) is 6.07 Å². The smallest absolute Gasteiger partial charge is 0.286 e. The molecule has 2 aromatic carbocycles. The van der Waals surface area contributed by atoms with Gasteiger partial charge in [0.25, 0.3) is 10.0 Å². The number of halogens is 1. The molecule has 0 unspecified atom stereocenters. The molecule has 2 aromatic rings. The van der Waals surface area contributed by atoms with Crippen LogP contribution in [0.3, 0.4) is 0 Å². The van der Waals surface area contributed by atoms with E-state index in [9.17, 15) is 13.2 Å². The molecule has 0 fully saturated rings. The van der Waals surface area contributed by atoms with Crippen molar-refractivity contribution in [2.45, 2.75) is 31.2 Å². The molecule has 0 aromatic heterocycles. The first-order chi connectivity index (χ1) is 12.8. The van der Waals surface area contributed by atoms with Gasteiger partial charge in [0.2, 0.25) is 5.91 Å². The van der Waals surface area contributed by atoms with Crippen LogP contribution in [-0.4, -0.2) is 20.2 Å². The van der Waals surface area contributed by atoms with Gasteiger partial charge in [0.1, 0.15) is 10.7 Å². The van der Waals surface area contributed by atoms with E-state index in [0.717, 1.165) is 5.56 Å². The summed E-state index contributed by atoms with van der Waals surface area (Å²) in [5.41, 5.74) is 1.48. The van der Waals surface area contributed by atoms with E-state index in [2.05, 4.69) is 15.0 Å². The Labute approximate surface area is 163 Å². The topological polar surface area (TPSA) is 87.6 Å². The van der Waals surface area contributed by atoms with Crippen molar-refractivity contribution in [3.63, 3.8) is 0 Å². The molecule has 0 aliphatic carbocycles. The van der Waals surface area contributed by atoms with Crippen molar-refractivity contribution in [3.8, 4) is 0 Å². The van der Waals surface area contributed by atoms with Gasteiger partial charge in [-0.3, -0.25) is 4.79 Å². The van der Waals surface area contributed by atoms with Gasteiger partial charge in [-0.25, -0.2) is 0 Å². The quantitative estimate of drug-likeness (QED) is 0.768. The summed E-state index contributed by atoms with van der Waals surface area (Å²) < 4.78 is 28.3. The summed E-state index contributed by atoms with van der Waals surface area (Å²) >= 11 is 5.84. The number of hydrogen-bond acceptors (Lipinski definition) is 4. The second-order valence-electron chi connectivity index (χ2n) is 6.55. The SMILES string of the molecule is C[C@@H](CC(=O)NCc1ccc(Cl)cc1)CC1=NS(=O)(=O)c2ccccc2N1. The number of fused-ring (bicyclic) bond motifs is 1. The van der Waals surface area contributed by atoms with Crippen LogP contribution in [0.2, 0.25) is 5.02 Å². The molecule has 1 aliphatic heterocycles. The number of amides is 1. The summed E-state index contributed by atoms with van der Waals surface area (Å²) in [5.74, 6) is 0.186. The van der Waals surface area contributed by atoms with Gasteiger partial charge in [-0.05, 0) is 35.7 Å². The zero-order valence-corrected chi connectivity index (χ0v) is 16.3. The summed E-state index contributed by atoms with van der Waals surface area (Å²) in [6.07, 6.45) is 0.637. The van der Waals surface area contributed by atoms with E-state index >= 15 is 0 Å². The number of benzene rings is 2. The van der Waals surface area contributed by atoms with Crippen molar-refractivity contribution in [2.24, 2.45) is 10.3 Å². The molecular formula is C19H20ClN3O3S. The number of nitrogens with one attached hydrogen (secondary N) is 2. The lowest BCUT2D eigenvalue weighted by Crippen LogP contribution is -2.27. The number of amidine groups is 1. The Balaban J connectivity index is 1.55. The third kappa shape index (κ3) is 5.08. The lowest BCUT2D eigenvalue weighted by Gasteiger charge is -2.20. The van der Waals surface area contributed by atoms with Crippen molar-refractivity contribution in [3.05, 3.63) is 59.1 Å². The molecule has 27 heavy (non-hydrogen) atoms. The van der Waals surface area contributed by atoms with Crippen molar-refractivity contribution in [2.75, 3.05) is 5.32 Å². The molecule has 0 saturated carbocycles. The first-order valence-corrected chi connectivity index (χ1v) is 10.4. The third-order valence-electron chi connectivity index (χ3n) is 4.15. The van der Waals surface area contributed by atoms with Crippen LogP contribution in [0.25, 0.3) is 0 Å². The predicted octanol–water partition coefficient (Wildman–Crippen LogP) is 3.59. The van der Waals surface area contributed by atoms with Gasteiger partial charge in [0.05, 0.1) is 5.69 Å². The summed E-state index contributed by atoms with van der Waals surface area (Å²) in [6.45, 7) is 2.31. The lowest BCUT2D eigenvalue weighted by molar-refractivity contribution is -0.122. The number of anilines is 1. The van der Waals surface area contributed by atoms with Crippen molar-refractivity contribution >= 4 is 39.1 Å². The Hall–Kier alpha value is -2.38. The van der Waals surface area contributed by atoms with Crippen LogP contribution in [0.1, 0.15) is 25.3 Å². The van der Waals surface area contributed by atoms with E-state index in [4.69, 9.17) is 11.6 Å². The normalized spacial score (nSPS) is 15.9. The molecule has 1 amide bonds. The monoisotopic (exact) mass is 405 g/mol. The standard InChI is InChI=1S/C19H20ClN3O3S/c1-13(11-19(24)21-12-14-6-8-15(20)9-7-14)10-18-22-16-4-2-3-5-17(16)27(25,26)23-18/h2-9,13H,10-12H2,1H3,(H,21,24)(H,22,23)/t13-/m1/s1. The molecule has 0 radical (unpaired) electrons. The average molecular weight is 406 g/mol. The van der Waals surface area contributed by atoms with Gasteiger partial charge in [-0.1, -0.05) is 42.8 Å². The van der Waals surface area contributed by atoms with Gasteiger partial charge >= 0.3 is 0 Å². The first kappa shape index (κ1) is 19.4. The molecule has 1 heterocycles. The number of nitrogens with zero attached hydrogens (tertiary/aromatic N) is 1. The van der Waals surface area contributed by atoms with Crippen molar-refractivity contribution in [1.82, 2.24) is 5.32 Å². The number of sulfonamides is 1. The number of hydrogen-bond donors (Lipinski definition) is 2. The highest BCUT2D eigenvalue weighted by Gasteiger charge is 2.25. The second-order valence-corrected chi connectivity index (χ2v) is 8.56. The largest absolute Gasteiger partial charge is 0.352 e. The highest BCUT2D eigenvalue weighted by Crippen LogP contribution is 2.28. The van der Waals surface area contributed by atoms with Gasteiger partial charge in [-0.15, -0.1) is 4.40 Å². The number of rotatable bonds is 6. The Morgan fingerprint density at radius 3 is 2.63 bits per heavy atom. The Kier molecular flexibility index (Phi) is 5.82. The maximum atomic E-state index is 12.3. The molecule has 0 saturated heterocycles. The fraction of sp³-hybridized carbons (Fsp3) is 0.263. The van der Waals surface area contributed by atoms with Crippen LogP contribution in [0.5, 0.6) is 0 Å². The second kappa shape index (κ2) is 8.10. The fourth-order valence-corrected chi connectivity index (χ4v) is 4.13. The molecule has 2 N–H and O–H groups in total. The van der Waals surface area contributed by atoms with E-state index in [1.807, 2.05) is 19.1 Å². The molecular weight excluding hydrogens is 386 g/mol. The number of carbonyl (C=O) groups excluding carboxylic acids is 1. The van der Waals surface area contributed by atoms with E-state index < -0.39 is 10.0 Å². The van der Waals surface area contributed by atoms with Crippen LogP contribution in [-0.2, 0) is 21.4 Å². The minimum absolute atomic E-state index is 0.0677. The highest BCUT2D eigenvalue weighted by atomic mass is 35.5. The van der Waals surface area contributed by atoms with Crippen molar-refractivity contribution < 1.29 is 13.2 Å². The van der Waals surface area contributed by atoms with E-state index in [1.54, 1.807) is 30.3 Å².